The van der Waals surface area contributed by atoms with Gasteiger partial charge in [-0.05, 0) is 68.9 Å². The Morgan fingerprint density at radius 3 is 2.52 bits per heavy atom. The first-order valence-electron chi connectivity index (χ1n) is 11.1. The summed E-state index contributed by atoms with van der Waals surface area (Å²) in [5.41, 5.74) is 5.13. The second kappa shape index (κ2) is 7.69. The number of pyridine rings is 1. The van der Waals surface area contributed by atoms with Crippen molar-refractivity contribution in [2.75, 3.05) is 13.1 Å². The molecule has 2 aromatic rings. The molecule has 3 aliphatic rings. The summed E-state index contributed by atoms with van der Waals surface area (Å²) >= 11 is 0. The number of aromatic nitrogens is 1. The van der Waals surface area contributed by atoms with Crippen molar-refractivity contribution in [1.82, 2.24) is 9.88 Å². The molecule has 1 saturated heterocycles. The maximum atomic E-state index is 11.0. The average molecular weight is 417 g/mol. The van der Waals surface area contributed by atoms with Crippen LogP contribution in [-0.4, -0.2) is 46.2 Å². The van der Waals surface area contributed by atoms with Crippen molar-refractivity contribution in [3.8, 4) is 17.7 Å². The Labute approximate surface area is 183 Å². The molecule has 0 atom stereocenters. The van der Waals surface area contributed by atoms with Crippen molar-refractivity contribution in [3.63, 3.8) is 0 Å². The van der Waals surface area contributed by atoms with Crippen molar-refractivity contribution in [3.05, 3.63) is 58.8 Å². The van der Waals surface area contributed by atoms with Gasteiger partial charge in [-0.15, -0.1) is 0 Å². The van der Waals surface area contributed by atoms with Gasteiger partial charge in [-0.3, -0.25) is 9.69 Å². The number of hydrogen-bond acceptors (Lipinski definition) is 4. The van der Waals surface area contributed by atoms with Crippen molar-refractivity contribution < 1.29 is 14.6 Å². The summed E-state index contributed by atoms with van der Waals surface area (Å²) in [6, 6.07) is 10.9. The molecule has 5 rings (SSSR count). The number of carbonyl (C=O) groups is 1. The van der Waals surface area contributed by atoms with Crippen LogP contribution >= 0.6 is 0 Å². The summed E-state index contributed by atoms with van der Waals surface area (Å²) in [5, 5.41) is 9.09. The van der Waals surface area contributed by atoms with Gasteiger partial charge in [-0.2, -0.15) is 0 Å². The van der Waals surface area contributed by atoms with E-state index in [4.69, 9.17) is 9.84 Å². The van der Waals surface area contributed by atoms with E-state index >= 15 is 0 Å². The molecule has 0 amide bonds. The Kier molecular flexibility index (Phi) is 4.98. The van der Waals surface area contributed by atoms with Gasteiger partial charge in [0.1, 0.15) is 0 Å². The third-order valence-corrected chi connectivity index (χ3v) is 6.84. The maximum absolute atomic E-state index is 11.0. The molecule has 1 saturated carbocycles. The number of carboxylic acids is 1. The molecule has 2 aliphatic carbocycles. The van der Waals surface area contributed by atoms with Crippen molar-refractivity contribution in [2.24, 2.45) is 11.3 Å². The number of nitrogens with zero attached hydrogens (tertiary/aromatic N) is 2. The van der Waals surface area contributed by atoms with Gasteiger partial charge in [-0.25, -0.2) is 4.98 Å². The molecule has 5 heteroatoms. The first-order chi connectivity index (χ1) is 14.9. The molecule has 1 N–H and O–H groups in total. The first kappa shape index (κ1) is 20.1. The molecular weight excluding hydrogens is 388 g/mol. The minimum absolute atomic E-state index is 0.109. The van der Waals surface area contributed by atoms with Gasteiger partial charge in [-0.1, -0.05) is 17.9 Å². The molecule has 0 radical (unpaired) electrons. The predicted octanol–water partition coefficient (Wildman–Crippen LogP) is 3.53. The van der Waals surface area contributed by atoms with E-state index in [0.29, 0.717) is 17.3 Å². The van der Waals surface area contributed by atoms with Crippen molar-refractivity contribution in [1.29, 1.82) is 0 Å². The van der Waals surface area contributed by atoms with E-state index < -0.39 is 5.97 Å². The number of hydrogen-bond donors (Lipinski definition) is 1. The highest BCUT2D eigenvalue weighted by molar-refractivity contribution is 5.71. The predicted molar refractivity (Wildman–Crippen MR) is 118 cm³/mol. The largest absolute Gasteiger partial charge is 0.481 e. The monoisotopic (exact) mass is 416 g/mol. The van der Waals surface area contributed by atoms with Crippen LogP contribution in [0.3, 0.4) is 0 Å². The highest BCUT2D eigenvalue weighted by Gasteiger charge is 2.51. The first-order valence-corrected chi connectivity index (χ1v) is 11.1. The standard InChI is InChI=1S/C26H28N2O3/c1-17(2)31-24-8-6-19(14-27-24)4-3-18-5-7-20-12-26(13-22(20)9-18)15-28(16-26)23-10-21(11-23)25(29)30/h5-9,14,17,21,23H,10-13,15-16H2,1-2H3,(H,29,30). The molecule has 1 spiro atoms. The Morgan fingerprint density at radius 2 is 1.84 bits per heavy atom. The summed E-state index contributed by atoms with van der Waals surface area (Å²) in [7, 11) is 0. The van der Waals surface area contributed by atoms with Crippen LogP contribution in [0.4, 0.5) is 0 Å². The molecule has 0 unspecified atom stereocenters. The molecule has 160 valence electrons. The minimum atomic E-state index is -0.635. The molecule has 1 aromatic heterocycles. The van der Waals surface area contributed by atoms with Crippen molar-refractivity contribution >= 4 is 5.97 Å². The number of fused-ring (bicyclic) bond motifs is 1. The zero-order valence-electron chi connectivity index (χ0n) is 18.1. The fourth-order valence-corrected chi connectivity index (χ4v) is 5.21. The molecule has 1 aromatic carbocycles. The van der Waals surface area contributed by atoms with Crippen LogP contribution < -0.4 is 4.74 Å². The lowest BCUT2D eigenvalue weighted by atomic mass is 9.71. The summed E-state index contributed by atoms with van der Waals surface area (Å²) in [6.07, 6.45) is 5.73. The van der Waals surface area contributed by atoms with E-state index in [1.165, 1.54) is 11.1 Å². The Morgan fingerprint density at radius 1 is 1.13 bits per heavy atom. The summed E-state index contributed by atoms with van der Waals surface area (Å²) in [5.74, 6) is 6.35. The smallest absolute Gasteiger partial charge is 0.306 e. The molecule has 31 heavy (non-hydrogen) atoms. The van der Waals surface area contributed by atoms with Gasteiger partial charge in [0.2, 0.25) is 5.88 Å². The van der Waals surface area contributed by atoms with E-state index in [1.54, 1.807) is 6.20 Å². The second-order valence-electron chi connectivity index (χ2n) is 9.70. The quantitative estimate of drug-likeness (QED) is 0.773. The van der Waals surface area contributed by atoms with E-state index in [0.717, 1.165) is 49.9 Å². The van der Waals surface area contributed by atoms with Crippen LogP contribution in [-0.2, 0) is 17.6 Å². The SMILES string of the molecule is CC(C)Oc1ccc(C#Cc2ccc3c(c2)CC2(C3)CN(C3CC(C(=O)O)C3)C2)cn1. The molecule has 1 aliphatic heterocycles. The molecule has 5 nitrogen and oxygen atoms in total. The van der Waals surface area contributed by atoms with Gasteiger partial charge in [0.25, 0.3) is 0 Å². The Bertz CT molecular complexity index is 1050. The zero-order valence-corrected chi connectivity index (χ0v) is 18.1. The van der Waals surface area contributed by atoms with Crippen LogP contribution in [0, 0.1) is 23.2 Å². The summed E-state index contributed by atoms with van der Waals surface area (Å²) in [6.45, 7) is 6.15. The minimum Gasteiger partial charge on any atom is -0.481 e. The van der Waals surface area contributed by atoms with Crippen molar-refractivity contribution in [2.45, 2.75) is 51.7 Å². The number of carboxylic acid groups (broad SMARTS) is 1. The van der Waals surface area contributed by atoms with Crippen LogP contribution in [0.2, 0.25) is 0 Å². The van der Waals surface area contributed by atoms with Gasteiger partial charge in [0.15, 0.2) is 0 Å². The maximum Gasteiger partial charge on any atom is 0.306 e. The van der Waals surface area contributed by atoms with Crippen LogP contribution in [0.25, 0.3) is 0 Å². The lowest BCUT2D eigenvalue weighted by Gasteiger charge is -2.55. The van der Waals surface area contributed by atoms with E-state index in [9.17, 15) is 4.79 Å². The van der Waals surface area contributed by atoms with Crippen LogP contribution in [0.5, 0.6) is 5.88 Å². The molecular formula is C26H28N2O3. The fourth-order valence-electron chi connectivity index (χ4n) is 5.21. The molecule has 0 bridgehead atoms. The Hall–Kier alpha value is -2.84. The second-order valence-corrected chi connectivity index (χ2v) is 9.70. The molecule has 2 heterocycles. The topological polar surface area (TPSA) is 62.7 Å². The number of aliphatic carboxylic acids is 1. The molecule has 2 fully saturated rings. The normalized spacial score (nSPS) is 23.5. The Balaban J connectivity index is 1.19. The summed E-state index contributed by atoms with van der Waals surface area (Å²) in [4.78, 5) is 17.8. The third kappa shape index (κ3) is 4.05. The lowest BCUT2D eigenvalue weighted by molar-refractivity contribution is -0.150. The zero-order chi connectivity index (χ0) is 21.6. The number of likely N-dealkylation sites (tertiary alicyclic amines) is 1. The summed E-state index contributed by atoms with van der Waals surface area (Å²) < 4.78 is 5.58. The van der Waals surface area contributed by atoms with Crippen LogP contribution in [0.15, 0.2) is 36.5 Å². The van der Waals surface area contributed by atoms with E-state index in [2.05, 4.69) is 39.9 Å². The fraction of sp³-hybridized carbons (Fsp3) is 0.462. The van der Waals surface area contributed by atoms with Crippen LogP contribution in [0.1, 0.15) is 48.9 Å². The van der Waals surface area contributed by atoms with Gasteiger partial charge < -0.3 is 9.84 Å². The van der Waals surface area contributed by atoms with E-state index in [-0.39, 0.29) is 12.0 Å². The van der Waals surface area contributed by atoms with Gasteiger partial charge in [0.05, 0.1) is 12.0 Å². The average Bonchev–Trinajstić information content (AvgIpc) is 3.04. The number of benzene rings is 1. The highest BCUT2D eigenvalue weighted by atomic mass is 16.5. The van der Waals surface area contributed by atoms with Gasteiger partial charge in [0, 0.05) is 47.9 Å². The third-order valence-electron chi connectivity index (χ3n) is 6.84. The highest BCUT2D eigenvalue weighted by Crippen LogP contribution is 2.47. The van der Waals surface area contributed by atoms with Gasteiger partial charge >= 0.3 is 5.97 Å². The lowest BCUT2D eigenvalue weighted by Crippen LogP contribution is -2.63. The number of rotatable bonds is 4. The van der Waals surface area contributed by atoms with E-state index in [1.807, 2.05) is 26.0 Å². The number of ether oxygens (including phenoxy) is 1.